The molecule has 0 amide bonds. The third-order valence-corrected chi connectivity index (χ3v) is 29.2. The van der Waals surface area contributed by atoms with Crippen molar-refractivity contribution in [3.8, 4) is 17.2 Å². The van der Waals surface area contributed by atoms with Crippen LogP contribution in [0.2, 0.25) is 15.1 Å². The minimum absolute atomic E-state index is 0.0386. The molecule has 6 aliphatic rings. The maximum Gasteiger partial charge on any atom is 0.220 e. The van der Waals surface area contributed by atoms with Gasteiger partial charge in [-0.2, -0.15) is 0 Å². The number of pyridine rings is 3. The fraction of sp³-hybridized carbons (Fsp3) is 0.250. The number of nitrogens with zero attached hydrogens (tertiary/aromatic N) is 4. The van der Waals surface area contributed by atoms with Crippen molar-refractivity contribution in [2.75, 3.05) is 21.1 Å². The maximum absolute atomic E-state index is 14.4. The smallest absolute Gasteiger partial charge is 0.220 e. The molecule has 3 aliphatic carbocycles. The van der Waals surface area contributed by atoms with E-state index in [9.17, 15) is 55.9 Å². The van der Waals surface area contributed by atoms with Gasteiger partial charge in [0.2, 0.25) is 30.1 Å². The number of hydrogen-bond acceptors (Lipinski definition) is 18. The molecule has 0 spiro atoms. The van der Waals surface area contributed by atoms with Gasteiger partial charge in [0.15, 0.2) is 33.6 Å². The topological polar surface area (TPSA) is 317 Å². The number of aliphatic hydroxyl groups excluding tert-OH is 3. The predicted molar refractivity (Wildman–Crippen MR) is 408 cm³/mol. The summed E-state index contributed by atoms with van der Waals surface area (Å²) >= 11 is 28.8. The highest BCUT2D eigenvalue weighted by atomic mass is 79.9. The van der Waals surface area contributed by atoms with Gasteiger partial charge in [-0.15, -0.1) is 0 Å². The van der Waals surface area contributed by atoms with Gasteiger partial charge in [0.1, 0.15) is 68.4 Å². The van der Waals surface area contributed by atoms with Crippen molar-refractivity contribution in [1.82, 2.24) is 28.7 Å². The molecule has 3 saturated carbocycles. The minimum Gasteiger partial charge on any atom is -0.476 e. The molecule has 7 aromatic carbocycles. The van der Waals surface area contributed by atoms with E-state index in [4.69, 9.17) is 49.0 Å². The van der Waals surface area contributed by atoms with Gasteiger partial charge in [-0.3, -0.25) is 15.0 Å². The minimum atomic E-state index is -4.25. The quantitative estimate of drug-likeness (QED) is 0.0501. The molecule has 0 saturated heterocycles. The Hall–Kier alpha value is -6.81. The van der Waals surface area contributed by atoms with Crippen LogP contribution in [0.5, 0.6) is 17.2 Å². The van der Waals surface area contributed by atoms with Gasteiger partial charge in [0.05, 0.1) is 32.8 Å². The van der Waals surface area contributed by atoms with E-state index >= 15 is 0 Å². The van der Waals surface area contributed by atoms with Crippen LogP contribution in [0.3, 0.4) is 0 Å². The van der Waals surface area contributed by atoms with Gasteiger partial charge in [0.25, 0.3) is 0 Å². The van der Waals surface area contributed by atoms with E-state index in [-0.39, 0.29) is 55.9 Å². The Morgan fingerprint density at radius 3 is 0.972 bits per heavy atom. The Kier molecular flexibility index (Phi) is 20.3. The van der Waals surface area contributed by atoms with Crippen molar-refractivity contribution in [2.45, 2.75) is 92.0 Å². The average molecular weight is 1750 g/mol. The van der Waals surface area contributed by atoms with Crippen LogP contribution in [0.25, 0.3) is 0 Å². The largest absolute Gasteiger partial charge is 0.476 e. The highest BCUT2D eigenvalue weighted by Gasteiger charge is 2.82. The lowest BCUT2D eigenvalue weighted by atomic mass is 9.72. The average Bonchev–Trinajstić information content (AvgIpc) is 1.50. The van der Waals surface area contributed by atoms with Crippen molar-refractivity contribution in [1.29, 1.82) is 0 Å². The van der Waals surface area contributed by atoms with E-state index in [2.05, 4.69) is 72.2 Å². The molecule has 0 bridgehead atoms. The van der Waals surface area contributed by atoms with E-state index in [1.807, 2.05) is 36.4 Å². The molecular weight excluding hydrogens is 1680 g/mol. The lowest BCUT2D eigenvalue weighted by Gasteiger charge is -2.40. The molecule has 10 aromatic rings. The number of ether oxygens (including phenoxy) is 3. The fourth-order valence-electron chi connectivity index (χ4n) is 16.7. The maximum atomic E-state index is 14.4. The van der Waals surface area contributed by atoms with Crippen LogP contribution in [-0.2, 0) is 70.2 Å². The molecule has 21 nitrogen and oxygen atoms in total. The third kappa shape index (κ3) is 11.6. The molecule has 106 heavy (non-hydrogen) atoms. The lowest BCUT2D eigenvalue weighted by molar-refractivity contribution is -0.150. The summed E-state index contributed by atoms with van der Waals surface area (Å²) in [6, 6.07) is 61.6. The number of fused-ring (bicyclic) bond motifs is 9. The number of benzene rings is 7. The van der Waals surface area contributed by atoms with Crippen LogP contribution in [0.4, 0.5) is 0 Å². The number of halogens is 6. The van der Waals surface area contributed by atoms with Crippen LogP contribution >= 0.6 is 82.6 Å². The standard InChI is InChI=1S/C30H26BrClN2O5S.2C23H20BrClN2O5S/c1-34(18-19-8-4-2-5-9-19)40(37,38)26-25(20-10-6-3-7-11-20)30(21-12-14-22(31)15-13-21)29(36,28(26)35)27-24(39-30)16-23(32)17-33-27;2*1-26-33(30,31)19-18(13-5-3-2-4-6-13)23(14-7-9-15(24)10-8-14)22(29,21(19)28)20-17(32-23)11-16(25)12-27-20/h2-17,25-26,28,35-36H,18H2,1H3;2*2-12,18-19,21,26,28-29H,1H3/t25-,26-,28-,29+,30+;2*18-,19-,21-,22+,23+/m111/s1. The van der Waals surface area contributed by atoms with Crippen molar-refractivity contribution in [2.24, 2.45) is 0 Å². The number of rotatable bonds is 14. The van der Waals surface area contributed by atoms with Gasteiger partial charge < -0.3 is 44.8 Å². The zero-order valence-electron chi connectivity index (χ0n) is 56.0. The van der Waals surface area contributed by atoms with Gasteiger partial charge >= 0.3 is 0 Å². The molecule has 3 aromatic heterocycles. The van der Waals surface area contributed by atoms with Gasteiger partial charge in [-0.25, -0.2) is 39.0 Å². The monoisotopic (exact) mass is 1740 g/mol. The van der Waals surface area contributed by atoms with Crippen molar-refractivity contribution >= 4 is 113 Å². The van der Waals surface area contributed by atoms with E-state index in [1.165, 1.54) is 62.2 Å². The first-order valence-electron chi connectivity index (χ1n) is 33.0. The second-order valence-corrected chi connectivity index (χ2v) is 36.9. The van der Waals surface area contributed by atoms with Gasteiger partial charge in [-0.05, 0) is 89.4 Å². The van der Waals surface area contributed by atoms with E-state index in [0.29, 0.717) is 33.4 Å². The van der Waals surface area contributed by atoms with Crippen molar-refractivity contribution in [3.05, 3.63) is 315 Å². The highest BCUT2D eigenvalue weighted by molar-refractivity contribution is 9.11. The first-order chi connectivity index (χ1) is 50.4. The first kappa shape index (κ1) is 76.0. The fourth-order valence-corrected chi connectivity index (χ4v) is 23.0. The SMILES string of the molecule is CN(Cc1ccccc1)S(=O)(=O)[C@H]1[C@@H](O)[C@@]2(O)c3ncc(Cl)cc3O[C@@]2(c2ccc(Br)cc2)[C@@H]1c1ccccc1.CNS(=O)(=O)[C@H]1[C@@H](O)[C@@]2(O)c3ncc(Cl)cc3O[C@@]2(c2ccc(Br)cc2)[C@@H]1c1ccccc1.CNS(=O)(=O)[C@H]1[C@@H](O)[C@@]2(O)c3ncc(Cl)cc3O[C@@]2(c2ccc(Br)cc2)[C@@H]1c1ccccc1. The summed E-state index contributed by atoms with van der Waals surface area (Å²) in [5.74, 6) is -2.46. The van der Waals surface area contributed by atoms with Crippen LogP contribution in [-0.4, -0.2) is 130 Å². The number of aromatic nitrogens is 3. The molecule has 3 fully saturated rings. The number of aliphatic hydroxyl groups is 6. The molecule has 16 rings (SSSR count). The van der Waals surface area contributed by atoms with Crippen molar-refractivity contribution in [3.63, 3.8) is 0 Å². The summed E-state index contributed by atoms with van der Waals surface area (Å²) < 4.78 is 110. The van der Waals surface area contributed by atoms with Crippen LogP contribution < -0.4 is 23.7 Å². The molecule has 30 heteroatoms. The Morgan fingerprint density at radius 1 is 0.425 bits per heavy atom. The van der Waals surface area contributed by atoms with E-state index in [0.717, 1.165) is 19.0 Å². The summed E-state index contributed by atoms with van der Waals surface area (Å²) in [7, 11) is -8.39. The molecule has 0 unspecified atom stereocenters. The lowest BCUT2D eigenvalue weighted by Crippen LogP contribution is -2.52. The highest BCUT2D eigenvalue weighted by Crippen LogP contribution is 2.71. The number of sulfonamides is 3. The first-order valence-corrected chi connectivity index (χ1v) is 41.1. The molecule has 15 atom stereocenters. The summed E-state index contributed by atoms with van der Waals surface area (Å²) in [6.45, 7) is 0.0862. The van der Waals surface area contributed by atoms with Gasteiger partial charge in [-0.1, -0.05) is 240 Å². The molecule has 3 aliphatic heterocycles. The predicted octanol–water partition coefficient (Wildman–Crippen LogP) is 11.1. The summed E-state index contributed by atoms with van der Waals surface area (Å²) in [5.41, 5.74) is -7.64. The summed E-state index contributed by atoms with van der Waals surface area (Å²) in [4.78, 5) is 13.0. The molecular formula is C76H66Br3Cl3N6O15S3. The van der Waals surface area contributed by atoms with Gasteiger partial charge in [0, 0.05) is 63.8 Å². The van der Waals surface area contributed by atoms with E-state index in [1.54, 1.807) is 158 Å². The normalized spacial score (nSPS) is 29.3. The van der Waals surface area contributed by atoms with E-state index < -0.39 is 115 Å². The van der Waals surface area contributed by atoms with Crippen LogP contribution in [0.1, 0.15) is 73.8 Å². The number of hydrogen-bond donors (Lipinski definition) is 8. The molecule has 8 N–H and O–H groups in total. The second-order valence-electron chi connectivity index (χ2n) is 26.5. The zero-order valence-corrected chi connectivity index (χ0v) is 65.5. The Balaban J connectivity index is 0.000000135. The summed E-state index contributed by atoms with van der Waals surface area (Å²) in [5, 5.41) is 69.0. The summed E-state index contributed by atoms with van der Waals surface area (Å²) in [6.07, 6.45) is -1.31. The van der Waals surface area contributed by atoms with Crippen molar-refractivity contribution < 1.29 is 70.1 Å². The van der Waals surface area contributed by atoms with Crippen LogP contribution in [0.15, 0.2) is 244 Å². The molecule has 6 heterocycles. The Morgan fingerprint density at radius 2 is 0.689 bits per heavy atom. The zero-order chi connectivity index (χ0) is 75.5. The Labute approximate surface area is 651 Å². The second kappa shape index (κ2) is 28.3. The van der Waals surface area contributed by atoms with Crippen LogP contribution in [0, 0.1) is 0 Å². The third-order valence-electron chi connectivity index (χ3n) is 21.2. The molecule has 0 radical (unpaired) electrons. The molecule has 550 valence electrons. The Bertz CT molecular complexity index is 5150. The number of nitrogens with one attached hydrogen (secondary N) is 2.